The highest BCUT2D eigenvalue weighted by Gasteiger charge is 2.31. The third-order valence-electron chi connectivity index (χ3n) is 1.50. The van der Waals surface area contributed by atoms with Crippen molar-refractivity contribution in [3.63, 3.8) is 0 Å². The fraction of sp³-hybridized carbons (Fsp3) is 0.250. The molecule has 0 saturated carbocycles. The van der Waals surface area contributed by atoms with E-state index in [1.165, 1.54) is 13.1 Å². The quantitative estimate of drug-likeness (QED) is 0.675. The predicted molar refractivity (Wildman–Crippen MR) is 41.7 cm³/mol. The molecule has 0 aliphatic carbocycles. The summed E-state index contributed by atoms with van der Waals surface area (Å²) in [6, 6.07) is 0.912. The van der Waals surface area contributed by atoms with E-state index in [9.17, 15) is 13.2 Å². The van der Waals surface area contributed by atoms with Gasteiger partial charge in [-0.1, -0.05) is 0 Å². The van der Waals surface area contributed by atoms with Crippen LogP contribution in [-0.2, 0) is 6.18 Å². The fourth-order valence-electron chi connectivity index (χ4n) is 0.800. The van der Waals surface area contributed by atoms with Gasteiger partial charge in [0, 0.05) is 23.7 Å². The molecule has 0 unspecified atom stereocenters. The Morgan fingerprint density at radius 3 is 2.46 bits per heavy atom. The lowest BCUT2D eigenvalue weighted by Crippen LogP contribution is -2.07. The van der Waals surface area contributed by atoms with Crippen LogP contribution in [0.1, 0.15) is 18.1 Å². The van der Waals surface area contributed by atoms with E-state index in [0.29, 0.717) is 0 Å². The summed E-state index contributed by atoms with van der Waals surface area (Å²) in [6.07, 6.45) is -2.41. The number of rotatable bonds is 1. The van der Waals surface area contributed by atoms with Gasteiger partial charge < -0.3 is 5.41 Å². The van der Waals surface area contributed by atoms with Gasteiger partial charge >= 0.3 is 6.18 Å². The van der Waals surface area contributed by atoms with Crippen molar-refractivity contribution in [3.05, 3.63) is 29.6 Å². The number of hydrogen-bond donors (Lipinski definition) is 1. The van der Waals surface area contributed by atoms with Crippen molar-refractivity contribution in [2.24, 2.45) is 0 Å². The predicted octanol–water partition coefficient (Wildman–Crippen LogP) is 2.49. The highest BCUT2D eigenvalue weighted by Crippen LogP contribution is 2.28. The summed E-state index contributed by atoms with van der Waals surface area (Å²) in [7, 11) is 0. The largest absolute Gasteiger partial charge is 0.417 e. The summed E-state index contributed by atoms with van der Waals surface area (Å²) < 4.78 is 36.4. The average Bonchev–Trinajstić information content (AvgIpc) is 2.03. The third-order valence-corrected chi connectivity index (χ3v) is 1.50. The topological polar surface area (TPSA) is 36.7 Å². The summed E-state index contributed by atoms with van der Waals surface area (Å²) in [5.74, 6) is 0. The Hall–Kier alpha value is -1.39. The first kappa shape index (κ1) is 9.70. The monoisotopic (exact) mass is 188 g/mol. The third kappa shape index (κ3) is 2.27. The van der Waals surface area contributed by atoms with Crippen molar-refractivity contribution in [1.82, 2.24) is 4.98 Å². The Kier molecular flexibility index (Phi) is 2.36. The summed E-state index contributed by atoms with van der Waals surface area (Å²) in [5.41, 5.74) is -0.565. The van der Waals surface area contributed by atoms with E-state index in [2.05, 4.69) is 4.98 Å². The zero-order valence-corrected chi connectivity index (χ0v) is 6.81. The fourth-order valence-corrected chi connectivity index (χ4v) is 0.800. The maximum atomic E-state index is 12.1. The first-order chi connectivity index (χ1) is 5.91. The second-order valence-electron chi connectivity index (χ2n) is 2.59. The second kappa shape index (κ2) is 3.16. The molecule has 0 bridgehead atoms. The Bertz CT molecular complexity index is 330. The van der Waals surface area contributed by atoms with Gasteiger partial charge in [-0.2, -0.15) is 13.2 Å². The van der Waals surface area contributed by atoms with E-state index < -0.39 is 11.7 Å². The zero-order valence-electron chi connectivity index (χ0n) is 6.81. The van der Waals surface area contributed by atoms with E-state index >= 15 is 0 Å². The molecule has 1 aromatic heterocycles. The van der Waals surface area contributed by atoms with Crippen molar-refractivity contribution in [2.75, 3.05) is 0 Å². The molecular formula is C8H7F3N2. The van der Waals surface area contributed by atoms with Crippen LogP contribution < -0.4 is 0 Å². The SMILES string of the molecule is CC(=N)c1cncc(C(F)(F)F)c1. The number of halogens is 3. The molecule has 0 aromatic carbocycles. The number of aromatic nitrogens is 1. The molecule has 0 spiro atoms. The molecule has 1 rings (SSSR count). The first-order valence-corrected chi connectivity index (χ1v) is 3.49. The number of hydrogen-bond acceptors (Lipinski definition) is 2. The van der Waals surface area contributed by atoms with Crippen LogP contribution in [-0.4, -0.2) is 10.7 Å². The van der Waals surface area contributed by atoms with Crippen LogP contribution in [0.2, 0.25) is 0 Å². The van der Waals surface area contributed by atoms with Gasteiger partial charge in [0.15, 0.2) is 0 Å². The van der Waals surface area contributed by atoms with Gasteiger partial charge in [-0.05, 0) is 13.0 Å². The lowest BCUT2D eigenvalue weighted by Gasteiger charge is -2.06. The van der Waals surface area contributed by atoms with Gasteiger partial charge in [-0.3, -0.25) is 4.98 Å². The van der Waals surface area contributed by atoms with E-state index in [-0.39, 0.29) is 11.3 Å². The molecule has 1 N–H and O–H groups in total. The van der Waals surface area contributed by atoms with Gasteiger partial charge in [-0.15, -0.1) is 0 Å². The van der Waals surface area contributed by atoms with E-state index in [4.69, 9.17) is 5.41 Å². The number of nitrogens with one attached hydrogen (secondary N) is 1. The number of nitrogens with zero attached hydrogens (tertiary/aromatic N) is 1. The smallest absolute Gasteiger partial charge is 0.305 e. The van der Waals surface area contributed by atoms with Crippen molar-refractivity contribution >= 4 is 5.71 Å². The minimum atomic E-state index is -4.39. The Morgan fingerprint density at radius 2 is 2.00 bits per heavy atom. The van der Waals surface area contributed by atoms with Crippen molar-refractivity contribution in [2.45, 2.75) is 13.1 Å². The zero-order chi connectivity index (χ0) is 10.1. The number of alkyl halides is 3. The molecular weight excluding hydrogens is 181 g/mol. The second-order valence-corrected chi connectivity index (χ2v) is 2.59. The average molecular weight is 188 g/mol. The molecule has 0 saturated heterocycles. The van der Waals surface area contributed by atoms with Crippen LogP contribution in [0, 0.1) is 5.41 Å². The van der Waals surface area contributed by atoms with Crippen molar-refractivity contribution < 1.29 is 13.2 Å². The molecule has 0 atom stereocenters. The van der Waals surface area contributed by atoms with Crippen LogP contribution in [0.5, 0.6) is 0 Å². The minimum absolute atomic E-state index is 0.0681. The molecule has 1 heterocycles. The molecule has 0 radical (unpaired) electrons. The first-order valence-electron chi connectivity index (χ1n) is 3.49. The molecule has 0 amide bonds. The molecule has 0 aliphatic heterocycles. The normalized spacial score (nSPS) is 11.4. The minimum Gasteiger partial charge on any atom is -0.305 e. The molecule has 5 heteroatoms. The van der Waals surface area contributed by atoms with Gasteiger partial charge in [0.2, 0.25) is 0 Å². The van der Waals surface area contributed by atoms with Crippen LogP contribution in [0.15, 0.2) is 18.5 Å². The Labute approximate surface area is 72.9 Å². The number of pyridine rings is 1. The molecule has 2 nitrogen and oxygen atoms in total. The van der Waals surface area contributed by atoms with Crippen LogP contribution in [0.3, 0.4) is 0 Å². The summed E-state index contributed by atoms with van der Waals surface area (Å²) in [5, 5.41) is 7.13. The van der Waals surface area contributed by atoms with Crippen LogP contribution in [0.25, 0.3) is 0 Å². The van der Waals surface area contributed by atoms with E-state index in [1.807, 2.05) is 0 Å². The van der Waals surface area contributed by atoms with Crippen molar-refractivity contribution in [3.8, 4) is 0 Å². The van der Waals surface area contributed by atoms with Gasteiger partial charge in [-0.25, -0.2) is 0 Å². The molecule has 1 aromatic rings. The maximum absolute atomic E-state index is 12.1. The highest BCUT2D eigenvalue weighted by atomic mass is 19.4. The van der Waals surface area contributed by atoms with Crippen LogP contribution in [0.4, 0.5) is 13.2 Å². The Balaban J connectivity index is 3.13. The van der Waals surface area contributed by atoms with Gasteiger partial charge in [0.05, 0.1) is 5.56 Å². The highest BCUT2D eigenvalue weighted by molar-refractivity contribution is 5.95. The summed E-state index contributed by atoms with van der Waals surface area (Å²) in [6.45, 7) is 1.41. The van der Waals surface area contributed by atoms with E-state index in [1.54, 1.807) is 0 Å². The van der Waals surface area contributed by atoms with E-state index in [0.717, 1.165) is 12.3 Å². The van der Waals surface area contributed by atoms with Gasteiger partial charge in [0.1, 0.15) is 0 Å². The molecule has 70 valence electrons. The standard InChI is InChI=1S/C8H7F3N2/c1-5(12)6-2-7(4-13-3-6)8(9,10)11/h2-4,12H,1H3. The molecule has 0 fully saturated rings. The summed E-state index contributed by atoms with van der Waals surface area (Å²) in [4.78, 5) is 3.41. The maximum Gasteiger partial charge on any atom is 0.417 e. The lowest BCUT2D eigenvalue weighted by molar-refractivity contribution is -0.137. The molecule has 0 aliphatic rings. The lowest BCUT2D eigenvalue weighted by atomic mass is 10.1. The van der Waals surface area contributed by atoms with Crippen LogP contribution >= 0.6 is 0 Å². The Morgan fingerprint density at radius 1 is 1.38 bits per heavy atom. The molecule has 13 heavy (non-hydrogen) atoms. The summed E-state index contributed by atoms with van der Waals surface area (Å²) >= 11 is 0. The van der Waals surface area contributed by atoms with Gasteiger partial charge in [0.25, 0.3) is 0 Å². The van der Waals surface area contributed by atoms with Crippen molar-refractivity contribution in [1.29, 1.82) is 5.41 Å².